The molecule has 1 atom stereocenters. The van der Waals surface area contributed by atoms with E-state index in [4.69, 9.17) is 25.5 Å². The van der Waals surface area contributed by atoms with E-state index in [0.717, 1.165) is 64.1 Å². The Morgan fingerprint density at radius 1 is 1.11 bits per heavy atom. The van der Waals surface area contributed by atoms with Crippen LogP contribution in [0.2, 0.25) is 0 Å². The lowest BCUT2D eigenvalue weighted by Gasteiger charge is -2.12. The molecule has 3 aromatic rings. The van der Waals surface area contributed by atoms with E-state index < -0.39 is 0 Å². The monoisotopic (exact) mass is 495 g/mol. The molecular formula is C27H30ClN3O4. The van der Waals surface area contributed by atoms with Crippen LogP contribution in [0.3, 0.4) is 0 Å². The number of ether oxygens (including phenoxy) is 3. The molecule has 0 amide bonds. The van der Waals surface area contributed by atoms with E-state index in [0.29, 0.717) is 24.0 Å². The number of aromatic nitrogens is 1. The van der Waals surface area contributed by atoms with Crippen molar-refractivity contribution >= 4 is 29.0 Å². The molecule has 2 aliphatic carbocycles. The van der Waals surface area contributed by atoms with Gasteiger partial charge in [-0.2, -0.15) is 0 Å². The Kier molecular flexibility index (Phi) is 7.15. The maximum atomic E-state index is 6.00. The number of benzene rings is 2. The van der Waals surface area contributed by atoms with Gasteiger partial charge in [0.15, 0.2) is 17.6 Å². The molecule has 2 aliphatic rings. The van der Waals surface area contributed by atoms with Crippen molar-refractivity contribution in [2.45, 2.75) is 18.9 Å². The smallest absolute Gasteiger partial charge is 0.190 e. The van der Waals surface area contributed by atoms with Gasteiger partial charge in [-0.3, -0.25) is 0 Å². The van der Waals surface area contributed by atoms with Crippen molar-refractivity contribution in [3.05, 3.63) is 41.5 Å². The summed E-state index contributed by atoms with van der Waals surface area (Å²) in [6.07, 6.45) is 7.55. The number of terminal acetylenes is 1. The highest BCUT2D eigenvalue weighted by atomic mass is 35.5. The van der Waals surface area contributed by atoms with Crippen LogP contribution in [0, 0.1) is 18.3 Å². The summed E-state index contributed by atoms with van der Waals surface area (Å²) < 4.78 is 17.1. The normalized spacial score (nSPS) is 15.8. The number of methoxy groups -OCH3 is 2. The Hall–Kier alpha value is -3.34. The Balaban J connectivity index is 0.00000289. The number of hydrogen-bond acceptors (Lipinski definition) is 6. The van der Waals surface area contributed by atoms with E-state index in [-0.39, 0.29) is 18.5 Å². The topological polar surface area (TPSA) is 68.3 Å². The summed E-state index contributed by atoms with van der Waals surface area (Å²) >= 11 is 0. The minimum Gasteiger partial charge on any atom is -0.493 e. The second kappa shape index (κ2) is 10.1. The maximum Gasteiger partial charge on any atom is 0.190 e. The highest BCUT2D eigenvalue weighted by Gasteiger charge is 2.35. The van der Waals surface area contributed by atoms with E-state index in [1.165, 1.54) is 0 Å². The fourth-order valence-corrected chi connectivity index (χ4v) is 4.33. The number of aromatic amines is 1. The molecule has 7 nitrogen and oxygen atoms in total. The zero-order valence-corrected chi connectivity index (χ0v) is 21.2. The molecule has 2 aromatic carbocycles. The number of likely N-dealkylation sites (N-methyl/N-ethyl adjacent to an activating group) is 1. The van der Waals surface area contributed by atoms with E-state index in [2.05, 4.69) is 27.0 Å². The van der Waals surface area contributed by atoms with Crippen molar-refractivity contribution in [3.8, 4) is 40.8 Å². The van der Waals surface area contributed by atoms with Crippen LogP contribution in [-0.2, 0) is 4.84 Å². The summed E-state index contributed by atoms with van der Waals surface area (Å²) in [6, 6.07) is 9.98. The first-order valence-electron chi connectivity index (χ1n) is 11.4. The van der Waals surface area contributed by atoms with Gasteiger partial charge >= 0.3 is 0 Å². The van der Waals surface area contributed by atoms with Gasteiger partial charge in [0, 0.05) is 40.1 Å². The van der Waals surface area contributed by atoms with Crippen molar-refractivity contribution in [2.75, 3.05) is 41.5 Å². The van der Waals surface area contributed by atoms with E-state index in [1.807, 2.05) is 38.4 Å². The van der Waals surface area contributed by atoms with Crippen molar-refractivity contribution in [1.82, 2.24) is 9.88 Å². The lowest BCUT2D eigenvalue weighted by molar-refractivity contribution is 0.0846. The molecule has 5 rings (SSSR count). The Morgan fingerprint density at radius 2 is 1.83 bits per heavy atom. The summed E-state index contributed by atoms with van der Waals surface area (Å²) in [5.74, 6) is 5.21. The van der Waals surface area contributed by atoms with Gasteiger partial charge < -0.3 is 28.9 Å². The van der Waals surface area contributed by atoms with Gasteiger partial charge in [-0.15, -0.1) is 18.8 Å². The van der Waals surface area contributed by atoms with Gasteiger partial charge in [0.05, 0.1) is 19.9 Å². The number of oxime groups is 1. The molecule has 0 spiro atoms. The van der Waals surface area contributed by atoms with Crippen LogP contribution >= 0.6 is 12.4 Å². The molecule has 0 radical (unpaired) electrons. The second-order valence-corrected chi connectivity index (χ2v) is 8.96. The quantitative estimate of drug-likeness (QED) is 0.269. The zero-order chi connectivity index (χ0) is 23.8. The summed E-state index contributed by atoms with van der Waals surface area (Å²) in [4.78, 5) is 11.6. The first-order chi connectivity index (χ1) is 16.5. The van der Waals surface area contributed by atoms with E-state index >= 15 is 0 Å². The lowest BCUT2D eigenvalue weighted by Crippen LogP contribution is -2.19. The van der Waals surface area contributed by atoms with Crippen molar-refractivity contribution < 1.29 is 19.0 Å². The molecule has 1 saturated carbocycles. The fourth-order valence-electron chi connectivity index (χ4n) is 4.33. The average Bonchev–Trinajstić information content (AvgIpc) is 3.55. The molecule has 1 N–H and O–H groups in total. The molecule has 0 unspecified atom stereocenters. The molecule has 0 aliphatic heterocycles. The van der Waals surface area contributed by atoms with Crippen LogP contribution in [-0.4, -0.2) is 63.2 Å². The van der Waals surface area contributed by atoms with Crippen LogP contribution in [0.4, 0.5) is 0 Å². The molecule has 1 aromatic heterocycles. The fraction of sp³-hybridized carbons (Fsp3) is 0.370. The number of fused-ring (bicyclic) bond motifs is 5. The largest absolute Gasteiger partial charge is 0.493 e. The van der Waals surface area contributed by atoms with Crippen molar-refractivity contribution in [2.24, 2.45) is 11.1 Å². The maximum absolute atomic E-state index is 6.00. The zero-order valence-electron chi connectivity index (χ0n) is 20.4. The van der Waals surface area contributed by atoms with Crippen LogP contribution in [0.15, 0.2) is 35.5 Å². The van der Waals surface area contributed by atoms with Gasteiger partial charge in [-0.25, -0.2) is 0 Å². The Morgan fingerprint density at radius 3 is 2.46 bits per heavy atom. The first-order valence-corrected chi connectivity index (χ1v) is 11.4. The SMILES string of the molecule is C#C[C@H](O/N=C1/c2cc(OC)c(OC)cc2-c2[nH]c3ccc(OCCN(C)C)cc3c21)C1CC1.Cl. The number of nitrogens with zero attached hydrogens (tertiary/aromatic N) is 2. The molecule has 184 valence electrons. The van der Waals surface area contributed by atoms with Crippen molar-refractivity contribution in [1.29, 1.82) is 0 Å². The van der Waals surface area contributed by atoms with Gasteiger partial charge in [0.2, 0.25) is 0 Å². The third-order valence-corrected chi connectivity index (χ3v) is 6.33. The first kappa shape index (κ1) is 24.8. The Bertz CT molecular complexity index is 1300. The standard InChI is InChI=1S/C27H29N3O4.ClH/c1-6-22(16-7-8-16)34-29-27-19-15-24(32-5)23(31-4)14-18(19)26-25(27)20-13-17(9-10-21(20)28-26)33-12-11-30(2)3;/h1,9-10,13-16,22,28H,7-8,11-12H2,2-5H3;1H/b29-27-;/t22-;/m0./s1. The molecule has 0 bridgehead atoms. The molecule has 8 heteroatoms. The highest BCUT2D eigenvalue weighted by molar-refractivity contribution is 6.30. The van der Waals surface area contributed by atoms with Crippen LogP contribution in [0.5, 0.6) is 17.2 Å². The number of halogens is 1. The van der Waals surface area contributed by atoms with Crippen LogP contribution < -0.4 is 14.2 Å². The number of rotatable bonds is 9. The summed E-state index contributed by atoms with van der Waals surface area (Å²) in [7, 11) is 7.31. The van der Waals surface area contributed by atoms with Crippen LogP contribution in [0.1, 0.15) is 24.0 Å². The third kappa shape index (κ3) is 4.64. The summed E-state index contributed by atoms with van der Waals surface area (Å²) in [5.41, 5.74) is 5.53. The van der Waals surface area contributed by atoms with E-state index in [9.17, 15) is 0 Å². The third-order valence-electron chi connectivity index (χ3n) is 6.33. The molecule has 1 heterocycles. The van der Waals surface area contributed by atoms with Gasteiger partial charge in [0.1, 0.15) is 18.1 Å². The summed E-state index contributed by atoms with van der Waals surface area (Å²) in [5, 5.41) is 5.63. The lowest BCUT2D eigenvalue weighted by atomic mass is 10.1. The second-order valence-electron chi connectivity index (χ2n) is 8.96. The minimum absolute atomic E-state index is 0. The highest BCUT2D eigenvalue weighted by Crippen LogP contribution is 2.46. The minimum atomic E-state index is -0.324. The molecule has 35 heavy (non-hydrogen) atoms. The predicted octanol–water partition coefficient (Wildman–Crippen LogP) is 4.71. The van der Waals surface area contributed by atoms with Crippen LogP contribution in [0.25, 0.3) is 22.2 Å². The number of nitrogens with one attached hydrogen (secondary N) is 1. The van der Waals surface area contributed by atoms with E-state index in [1.54, 1.807) is 14.2 Å². The molecule has 1 fully saturated rings. The summed E-state index contributed by atoms with van der Waals surface area (Å²) in [6.45, 7) is 1.44. The average molecular weight is 496 g/mol. The number of hydrogen-bond donors (Lipinski definition) is 1. The van der Waals surface area contributed by atoms with Gasteiger partial charge in [0.25, 0.3) is 0 Å². The predicted molar refractivity (Wildman–Crippen MR) is 140 cm³/mol. The molecular weight excluding hydrogens is 466 g/mol. The molecule has 0 saturated heterocycles. The van der Waals surface area contributed by atoms with Crippen molar-refractivity contribution in [3.63, 3.8) is 0 Å². The van der Waals surface area contributed by atoms with Gasteiger partial charge in [-0.1, -0.05) is 11.1 Å². The number of H-pyrrole nitrogens is 1. The van der Waals surface area contributed by atoms with Gasteiger partial charge in [-0.05, 0) is 57.3 Å². The Labute approximate surface area is 211 Å².